The Balaban J connectivity index is 1.90. The van der Waals surface area contributed by atoms with Crippen LogP contribution in [0.5, 0.6) is 0 Å². The summed E-state index contributed by atoms with van der Waals surface area (Å²) in [6.45, 7) is 4.81. The number of hydrogen-bond acceptors (Lipinski definition) is 1. The van der Waals surface area contributed by atoms with E-state index in [-0.39, 0.29) is 5.82 Å². The van der Waals surface area contributed by atoms with Gasteiger partial charge in [0.25, 0.3) is 0 Å². The van der Waals surface area contributed by atoms with E-state index in [1.54, 1.807) is 12.1 Å². The lowest BCUT2D eigenvalue weighted by molar-refractivity contribution is 0.194. The summed E-state index contributed by atoms with van der Waals surface area (Å²) < 4.78 is 13.1. The van der Waals surface area contributed by atoms with Crippen LogP contribution in [0, 0.1) is 23.6 Å². The average molecular weight is 247 g/mol. The molecule has 0 radical (unpaired) electrons. The lowest BCUT2D eigenvalue weighted by Gasteiger charge is -2.38. The lowest BCUT2D eigenvalue weighted by atomic mass is 9.66. The smallest absolute Gasteiger partial charge is 0.123 e. The van der Waals surface area contributed by atoms with Gasteiger partial charge in [-0.05, 0) is 61.3 Å². The predicted octanol–water partition coefficient (Wildman–Crippen LogP) is 3.52. The Morgan fingerprint density at radius 1 is 1.11 bits per heavy atom. The van der Waals surface area contributed by atoms with Crippen LogP contribution < -0.4 is 0 Å². The standard InChI is InChI=1S/C16H22FN/c1-11-3-4-13-9-18(2)10-15(13)16(11)12-5-7-14(17)8-6-12/h5-8,11,13,15-16H,3-4,9-10H2,1-2H3. The van der Waals surface area contributed by atoms with E-state index in [0.29, 0.717) is 5.92 Å². The number of rotatable bonds is 1. The molecule has 18 heavy (non-hydrogen) atoms. The number of hydrogen-bond donors (Lipinski definition) is 0. The summed E-state index contributed by atoms with van der Waals surface area (Å²) in [6.07, 6.45) is 2.69. The van der Waals surface area contributed by atoms with Crippen molar-refractivity contribution < 1.29 is 4.39 Å². The second-order valence-electron chi connectivity index (χ2n) is 6.28. The third kappa shape index (κ3) is 2.07. The minimum Gasteiger partial charge on any atom is -0.306 e. The maximum Gasteiger partial charge on any atom is 0.123 e. The highest BCUT2D eigenvalue weighted by Gasteiger charge is 2.42. The molecule has 1 saturated carbocycles. The molecule has 1 aliphatic carbocycles. The average Bonchev–Trinajstić information content (AvgIpc) is 2.71. The zero-order chi connectivity index (χ0) is 12.7. The van der Waals surface area contributed by atoms with Gasteiger partial charge in [0.15, 0.2) is 0 Å². The van der Waals surface area contributed by atoms with Gasteiger partial charge in [0.05, 0.1) is 0 Å². The van der Waals surface area contributed by atoms with Gasteiger partial charge in [-0.15, -0.1) is 0 Å². The van der Waals surface area contributed by atoms with Crippen molar-refractivity contribution in [2.45, 2.75) is 25.7 Å². The molecular weight excluding hydrogens is 225 g/mol. The molecular formula is C16H22FN. The minimum atomic E-state index is -0.123. The lowest BCUT2D eigenvalue weighted by Crippen LogP contribution is -2.31. The first kappa shape index (κ1) is 12.2. The molecule has 0 bridgehead atoms. The van der Waals surface area contributed by atoms with E-state index in [1.807, 2.05) is 12.1 Å². The van der Waals surface area contributed by atoms with Gasteiger partial charge in [0.2, 0.25) is 0 Å². The maximum atomic E-state index is 13.1. The second kappa shape index (κ2) is 4.65. The van der Waals surface area contributed by atoms with E-state index in [4.69, 9.17) is 0 Å². The molecule has 0 N–H and O–H groups in total. The van der Waals surface area contributed by atoms with Crippen molar-refractivity contribution in [3.05, 3.63) is 35.6 Å². The Hall–Kier alpha value is -0.890. The number of nitrogens with zero attached hydrogens (tertiary/aromatic N) is 1. The summed E-state index contributed by atoms with van der Waals surface area (Å²) >= 11 is 0. The molecule has 3 rings (SSSR count). The van der Waals surface area contributed by atoms with E-state index in [0.717, 1.165) is 17.8 Å². The Morgan fingerprint density at radius 2 is 1.83 bits per heavy atom. The van der Waals surface area contributed by atoms with Crippen LogP contribution in [0.4, 0.5) is 4.39 Å². The normalized spacial score (nSPS) is 36.6. The number of halogens is 1. The van der Waals surface area contributed by atoms with E-state index >= 15 is 0 Å². The van der Waals surface area contributed by atoms with Crippen LogP contribution in [0.15, 0.2) is 24.3 Å². The third-order valence-corrected chi connectivity index (χ3v) is 5.00. The van der Waals surface area contributed by atoms with Gasteiger partial charge in [-0.25, -0.2) is 4.39 Å². The van der Waals surface area contributed by atoms with Crippen molar-refractivity contribution in [2.24, 2.45) is 17.8 Å². The molecule has 0 amide bonds. The SMILES string of the molecule is CC1CCC2CN(C)CC2C1c1ccc(F)cc1. The summed E-state index contributed by atoms with van der Waals surface area (Å²) in [5, 5.41) is 0. The van der Waals surface area contributed by atoms with Gasteiger partial charge >= 0.3 is 0 Å². The summed E-state index contributed by atoms with van der Waals surface area (Å²) in [5.74, 6) is 2.84. The predicted molar refractivity (Wildman–Crippen MR) is 72.0 cm³/mol. The van der Waals surface area contributed by atoms with Crippen LogP contribution in [0.2, 0.25) is 0 Å². The Kier molecular flexibility index (Phi) is 3.14. The highest BCUT2D eigenvalue weighted by Crippen LogP contribution is 2.47. The van der Waals surface area contributed by atoms with Crippen molar-refractivity contribution in [2.75, 3.05) is 20.1 Å². The zero-order valence-electron chi connectivity index (χ0n) is 11.3. The van der Waals surface area contributed by atoms with Crippen LogP contribution in [-0.4, -0.2) is 25.0 Å². The second-order valence-corrected chi connectivity index (χ2v) is 6.28. The molecule has 4 unspecified atom stereocenters. The van der Waals surface area contributed by atoms with Gasteiger partial charge in [0, 0.05) is 13.1 Å². The molecule has 1 aromatic carbocycles. The molecule has 4 atom stereocenters. The van der Waals surface area contributed by atoms with E-state index < -0.39 is 0 Å². The summed E-state index contributed by atoms with van der Waals surface area (Å²) in [6, 6.07) is 7.23. The first-order valence-corrected chi connectivity index (χ1v) is 7.09. The highest BCUT2D eigenvalue weighted by atomic mass is 19.1. The number of fused-ring (bicyclic) bond motifs is 1. The molecule has 2 heteroatoms. The third-order valence-electron chi connectivity index (χ3n) is 5.00. The van der Waals surface area contributed by atoms with Crippen molar-refractivity contribution in [3.8, 4) is 0 Å². The van der Waals surface area contributed by atoms with Gasteiger partial charge in [-0.2, -0.15) is 0 Å². The summed E-state index contributed by atoms with van der Waals surface area (Å²) in [4.78, 5) is 2.46. The van der Waals surface area contributed by atoms with Gasteiger partial charge in [0.1, 0.15) is 5.82 Å². The fraction of sp³-hybridized carbons (Fsp3) is 0.625. The monoisotopic (exact) mass is 247 g/mol. The Bertz CT molecular complexity index is 414. The molecule has 98 valence electrons. The minimum absolute atomic E-state index is 0.123. The Labute approximate surface area is 109 Å². The van der Waals surface area contributed by atoms with Crippen LogP contribution in [-0.2, 0) is 0 Å². The summed E-state index contributed by atoms with van der Waals surface area (Å²) in [5.41, 5.74) is 1.34. The molecule has 1 aromatic rings. The van der Waals surface area contributed by atoms with Crippen LogP contribution in [0.3, 0.4) is 0 Å². The fourth-order valence-corrected chi connectivity index (χ4v) is 4.17. The fourth-order valence-electron chi connectivity index (χ4n) is 4.17. The van der Waals surface area contributed by atoms with Crippen molar-refractivity contribution in [1.82, 2.24) is 4.90 Å². The first-order chi connectivity index (χ1) is 8.65. The first-order valence-electron chi connectivity index (χ1n) is 7.09. The number of benzene rings is 1. The molecule has 0 aromatic heterocycles. The Morgan fingerprint density at radius 3 is 2.56 bits per heavy atom. The van der Waals surface area contributed by atoms with E-state index in [9.17, 15) is 4.39 Å². The maximum absolute atomic E-state index is 13.1. The van der Waals surface area contributed by atoms with Crippen molar-refractivity contribution in [3.63, 3.8) is 0 Å². The van der Waals surface area contributed by atoms with Crippen molar-refractivity contribution >= 4 is 0 Å². The molecule has 1 saturated heterocycles. The van der Waals surface area contributed by atoms with E-state index in [1.165, 1.54) is 31.5 Å². The molecule has 2 fully saturated rings. The van der Waals surface area contributed by atoms with Crippen LogP contribution >= 0.6 is 0 Å². The molecule has 0 spiro atoms. The van der Waals surface area contributed by atoms with Crippen molar-refractivity contribution in [1.29, 1.82) is 0 Å². The van der Waals surface area contributed by atoms with Gasteiger partial charge in [-0.3, -0.25) is 0 Å². The van der Waals surface area contributed by atoms with Crippen LogP contribution in [0.1, 0.15) is 31.2 Å². The zero-order valence-corrected chi connectivity index (χ0v) is 11.3. The highest BCUT2D eigenvalue weighted by molar-refractivity contribution is 5.23. The van der Waals surface area contributed by atoms with Gasteiger partial charge < -0.3 is 4.90 Å². The molecule has 1 aliphatic heterocycles. The quantitative estimate of drug-likeness (QED) is 0.734. The van der Waals surface area contributed by atoms with Crippen LogP contribution in [0.25, 0.3) is 0 Å². The molecule has 1 nitrogen and oxygen atoms in total. The largest absolute Gasteiger partial charge is 0.306 e. The number of likely N-dealkylation sites (tertiary alicyclic amines) is 1. The molecule has 1 heterocycles. The van der Waals surface area contributed by atoms with E-state index in [2.05, 4.69) is 18.9 Å². The molecule has 2 aliphatic rings. The van der Waals surface area contributed by atoms with Gasteiger partial charge in [-0.1, -0.05) is 19.1 Å². The summed E-state index contributed by atoms with van der Waals surface area (Å²) in [7, 11) is 2.23. The topological polar surface area (TPSA) is 3.24 Å².